The summed E-state index contributed by atoms with van der Waals surface area (Å²) in [7, 11) is 0. The normalized spacial score (nSPS) is 11.2. The molecule has 1 N–H and O–H groups in total. The zero-order chi connectivity index (χ0) is 19.5. The zero-order valence-corrected chi connectivity index (χ0v) is 15.1. The Balaban J connectivity index is 1.70. The fourth-order valence-electron chi connectivity index (χ4n) is 2.87. The van der Waals surface area contributed by atoms with Gasteiger partial charge in [-0.25, -0.2) is 0 Å². The monoisotopic (exact) mass is 371 g/mol. The van der Waals surface area contributed by atoms with Gasteiger partial charge in [0.1, 0.15) is 11.3 Å². The maximum atomic E-state index is 13.0. The van der Waals surface area contributed by atoms with Gasteiger partial charge in [0.15, 0.2) is 5.76 Å². The van der Waals surface area contributed by atoms with Gasteiger partial charge in [-0.15, -0.1) is 0 Å². The molecule has 0 spiro atoms. The first kappa shape index (κ1) is 17.5. The maximum absolute atomic E-state index is 13.0. The second-order valence-electron chi connectivity index (χ2n) is 6.34. The predicted molar refractivity (Wildman–Crippen MR) is 107 cm³/mol. The summed E-state index contributed by atoms with van der Waals surface area (Å²) in [5, 5.41) is 3.44. The number of fused-ring (bicyclic) bond motifs is 1. The summed E-state index contributed by atoms with van der Waals surface area (Å²) in [6, 6.07) is 17.9. The number of carbonyl (C=O) groups excluding carboxylic acids is 2. The van der Waals surface area contributed by atoms with E-state index in [2.05, 4.69) is 5.32 Å². The van der Waals surface area contributed by atoms with Gasteiger partial charge in [0.05, 0.1) is 12.0 Å². The average molecular weight is 371 g/mol. The van der Waals surface area contributed by atoms with Gasteiger partial charge < -0.3 is 14.2 Å². The molecule has 0 aliphatic heterocycles. The first-order valence-electron chi connectivity index (χ1n) is 8.77. The van der Waals surface area contributed by atoms with E-state index in [1.807, 2.05) is 31.2 Å². The molecule has 0 radical (unpaired) electrons. The molecule has 0 unspecified atom stereocenters. The first-order valence-corrected chi connectivity index (χ1v) is 8.77. The van der Waals surface area contributed by atoms with Crippen LogP contribution in [0.3, 0.4) is 0 Å². The predicted octanol–water partition coefficient (Wildman–Crippen LogP) is 5.22. The van der Waals surface area contributed by atoms with Crippen molar-refractivity contribution >= 4 is 34.4 Å². The fraction of sp³-hybridized carbons (Fsp3) is 0.0435. The number of hydrogen-bond donors (Lipinski definition) is 1. The second kappa shape index (κ2) is 7.40. The lowest BCUT2D eigenvalue weighted by atomic mass is 10.1. The van der Waals surface area contributed by atoms with Gasteiger partial charge in [0, 0.05) is 17.0 Å². The molecule has 4 rings (SSSR count). The number of hydrogen-bond acceptors (Lipinski definition) is 4. The molecule has 0 aliphatic carbocycles. The van der Waals surface area contributed by atoms with E-state index < -0.39 is 0 Å². The molecule has 5 nitrogen and oxygen atoms in total. The molecular weight excluding hydrogens is 354 g/mol. The smallest absolute Gasteiger partial charge is 0.248 e. The largest absolute Gasteiger partial charge is 0.465 e. The molecule has 2 aromatic carbocycles. The number of nitrogens with one attached hydrogen (secondary N) is 1. The van der Waals surface area contributed by atoms with Crippen LogP contribution in [0.4, 0.5) is 5.69 Å². The van der Waals surface area contributed by atoms with E-state index in [0.29, 0.717) is 28.0 Å². The molecule has 28 heavy (non-hydrogen) atoms. The first-order chi connectivity index (χ1) is 13.6. The van der Waals surface area contributed by atoms with Crippen LogP contribution >= 0.6 is 0 Å². The van der Waals surface area contributed by atoms with E-state index in [1.165, 1.54) is 12.3 Å². The van der Waals surface area contributed by atoms with E-state index in [0.717, 1.165) is 5.56 Å². The number of carbonyl (C=O) groups is 2. The Hall–Kier alpha value is -3.86. The van der Waals surface area contributed by atoms with Crippen molar-refractivity contribution in [2.24, 2.45) is 0 Å². The summed E-state index contributed by atoms with van der Waals surface area (Å²) in [6.45, 7) is 1.95. The van der Waals surface area contributed by atoms with Gasteiger partial charge in [0.25, 0.3) is 0 Å². The van der Waals surface area contributed by atoms with E-state index in [4.69, 9.17) is 8.83 Å². The number of benzene rings is 2. The minimum atomic E-state index is -0.388. The summed E-state index contributed by atoms with van der Waals surface area (Å²) in [5.74, 6) is -0.0182. The molecule has 2 heterocycles. The van der Waals surface area contributed by atoms with E-state index >= 15 is 0 Å². The lowest BCUT2D eigenvalue weighted by molar-refractivity contribution is -0.111. The van der Waals surface area contributed by atoms with Gasteiger partial charge in [-0.3, -0.25) is 9.59 Å². The zero-order valence-electron chi connectivity index (χ0n) is 15.1. The van der Waals surface area contributed by atoms with Crippen molar-refractivity contribution in [3.63, 3.8) is 0 Å². The molecule has 0 bridgehead atoms. The van der Waals surface area contributed by atoms with Gasteiger partial charge in [0.2, 0.25) is 11.7 Å². The van der Waals surface area contributed by atoms with Gasteiger partial charge in [-0.05, 0) is 37.3 Å². The van der Waals surface area contributed by atoms with Crippen molar-refractivity contribution in [1.29, 1.82) is 0 Å². The number of amides is 1. The number of anilines is 1. The summed E-state index contributed by atoms with van der Waals surface area (Å²) in [6.07, 6.45) is 4.43. The van der Waals surface area contributed by atoms with Crippen LogP contribution in [0.5, 0.6) is 0 Å². The third kappa shape index (κ3) is 3.50. The van der Waals surface area contributed by atoms with Crippen LogP contribution in [0, 0.1) is 6.92 Å². The van der Waals surface area contributed by atoms with Crippen molar-refractivity contribution in [3.05, 3.63) is 95.7 Å². The number of rotatable bonds is 5. The summed E-state index contributed by atoms with van der Waals surface area (Å²) >= 11 is 0. The molecule has 138 valence electrons. The Morgan fingerprint density at radius 2 is 1.75 bits per heavy atom. The highest BCUT2D eigenvalue weighted by atomic mass is 16.3. The highest BCUT2D eigenvalue weighted by molar-refractivity contribution is 6.18. The summed E-state index contributed by atoms with van der Waals surface area (Å²) < 4.78 is 11.0. The molecule has 0 atom stereocenters. The molecule has 0 fully saturated rings. The molecule has 2 aromatic heterocycles. The van der Waals surface area contributed by atoms with Crippen molar-refractivity contribution in [2.45, 2.75) is 6.92 Å². The van der Waals surface area contributed by atoms with Crippen molar-refractivity contribution in [3.8, 4) is 0 Å². The lowest BCUT2D eigenvalue weighted by Crippen LogP contribution is -2.11. The quantitative estimate of drug-likeness (QED) is 0.386. The standard InChI is InChI=1S/C23H17NO4/c1-15-8-10-16(11-9-15)22(26)23-21(18-6-2-3-7-19(18)28-23)24-20(25)13-12-17-5-4-14-27-17/h2-14H,1H3,(H,24,25)/b13-12+. The van der Waals surface area contributed by atoms with Crippen LogP contribution in [-0.4, -0.2) is 11.7 Å². The third-order valence-corrected chi connectivity index (χ3v) is 4.31. The topological polar surface area (TPSA) is 72.5 Å². The van der Waals surface area contributed by atoms with Crippen LogP contribution in [0.15, 0.2) is 81.8 Å². The van der Waals surface area contributed by atoms with Gasteiger partial charge in [-0.1, -0.05) is 42.0 Å². The second-order valence-corrected chi connectivity index (χ2v) is 6.34. The number of furan rings is 2. The number of aryl methyl sites for hydroxylation is 1. The molecule has 0 aliphatic rings. The highest BCUT2D eigenvalue weighted by Gasteiger charge is 2.22. The van der Waals surface area contributed by atoms with Crippen LogP contribution < -0.4 is 5.32 Å². The average Bonchev–Trinajstić information content (AvgIpc) is 3.35. The van der Waals surface area contributed by atoms with Crippen molar-refractivity contribution in [1.82, 2.24) is 0 Å². The summed E-state index contributed by atoms with van der Waals surface area (Å²) in [4.78, 5) is 25.4. The van der Waals surface area contributed by atoms with Crippen LogP contribution in [0.1, 0.15) is 27.4 Å². The Bertz CT molecular complexity index is 1170. The van der Waals surface area contributed by atoms with E-state index in [9.17, 15) is 9.59 Å². The van der Waals surface area contributed by atoms with Crippen LogP contribution in [-0.2, 0) is 4.79 Å². The van der Waals surface area contributed by atoms with Crippen molar-refractivity contribution in [2.75, 3.05) is 5.32 Å². The van der Waals surface area contributed by atoms with E-state index in [-0.39, 0.29) is 17.5 Å². The fourth-order valence-corrected chi connectivity index (χ4v) is 2.87. The molecule has 5 heteroatoms. The molecule has 4 aromatic rings. The van der Waals surface area contributed by atoms with Gasteiger partial charge >= 0.3 is 0 Å². The minimum Gasteiger partial charge on any atom is -0.465 e. The molecular formula is C23H17NO4. The molecule has 0 saturated carbocycles. The van der Waals surface area contributed by atoms with Crippen molar-refractivity contribution < 1.29 is 18.4 Å². The van der Waals surface area contributed by atoms with Gasteiger partial charge in [-0.2, -0.15) is 0 Å². The Labute approximate surface area is 161 Å². The van der Waals surface area contributed by atoms with Crippen LogP contribution in [0.2, 0.25) is 0 Å². The molecule has 0 saturated heterocycles. The Kier molecular flexibility index (Phi) is 4.64. The Morgan fingerprint density at radius 3 is 2.50 bits per heavy atom. The third-order valence-electron chi connectivity index (χ3n) is 4.31. The lowest BCUT2D eigenvalue weighted by Gasteiger charge is -2.04. The number of para-hydroxylation sites is 1. The minimum absolute atomic E-state index is 0.102. The highest BCUT2D eigenvalue weighted by Crippen LogP contribution is 2.32. The SMILES string of the molecule is Cc1ccc(C(=O)c2oc3ccccc3c2NC(=O)/C=C/c2ccco2)cc1. The van der Waals surface area contributed by atoms with Crippen LogP contribution in [0.25, 0.3) is 17.0 Å². The number of ketones is 1. The Morgan fingerprint density at radius 1 is 0.964 bits per heavy atom. The summed E-state index contributed by atoms with van der Waals surface area (Å²) in [5.41, 5.74) is 2.43. The maximum Gasteiger partial charge on any atom is 0.248 e. The van der Waals surface area contributed by atoms with E-state index in [1.54, 1.807) is 42.5 Å². The molecule has 1 amide bonds.